The zero-order valence-electron chi connectivity index (χ0n) is 16.1. The summed E-state index contributed by atoms with van der Waals surface area (Å²) >= 11 is 0. The SMILES string of the molecule is COC(=O)c1cccc(NC(=O)c2ccc(NCc3ccccc3OC)nc2)c1. The van der Waals surface area contributed by atoms with Crippen LogP contribution in [0.5, 0.6) is 5.75 Å². The third-order valence-corrected chi connectivity index (χ3v) is 4.22. The van der Waals surface area contributed by atoms with Crippen molar-refractivity contribution in [1.82, 2.24) is 4.98 Å². The lowest BCUT2D eigenvalue weighted by Gasteiger charge is -2.10. The number of aromatic nitrogens is 1. The van der Waals surface area contributed by atoms with Gasteiger partial charge in [0.15, 0.2) is 0 Å². The van der Waals surface area contributed by atoms with Crippen LogP contribution >= 0.6 is 0 Å². The summed E-state index contributed by atoms with van der Waals surface area (Å²) in [6.07, 6.45) is 1.49. The van der Waals surface area contributed by atoms with Gasteiger partial charge in [-0.15, -0.1) is 0 Å². The molecule has 0 bridgehead atoms. The highest BCUT2D eigenvalue weighted by Crippen LogP contribution is 2.19. The Morgan fingerprint density at radius 1 is 0.966 bits per heavy atom. The van der Waals surface area contributed by atoms with Crippen LogP contribution in [0, 0.1) is 0 Å². The van der Waals surface area contributed by atoms with E-state index in [1.54, 1.807) is 43.5 Å². The molecule has 1 heterocycles. The van der Waals surface area contributed by atoms with Gasteiger partial charge in [0.1, 0.15) is 11.6 Å². The molecule has 7 nitrogen and oxygen atoms in total. The molecule has 0 aliphatic rings. The van der Waals surface area contributed by atoms with Gasteiger partial charge in [-0.2, -0.15) is 0 Å². The van der Waals surface area contributed by atoms with Gasteiger partial charge in [0.05, 0.1) is 25.3 Å². The molecule has 0 spiro atoms. The Morgan fingerprint density at radius 3 is 2.52 bits per heavy atom. The van der Waals surface area contributed by atoms with Crippen molar-refractivity contribution in [2.45, 2.75) is 6.54 Å². The molecule has 29 heavy (non-hydrogen) atoms. The number of methoxy groups -OCH3 is 2. The van der Waals surface area contributed by atoms with Gasteiger partial charge in [0.25, 0.3) is 5.91 Å². The van der Waals surface area contributed by atoms with Crippen LogP contribution in [0.25, 0.3) is 0 Å². The summed E-state index contributed by atoms with van der Waals surface area (Å²) in [5.41, 5.74) is 2.26. The molecule has 0 aliphatic heterocycles. The number of hydrogen-bond acceptors (Lipinski definition) is 6. The Labute approximate surface area is 168 Å². The molecular weight excluding hydrogens is 370 g/mol. The second kappa shape index (κ2) is 9.36. The molecule has 0 fully saturated rings. The van der Waals surface area contributed by atoms with E-state index in [0.29, 0.717) is 29.2 Å². The fraction of sp³-hybridized carbons (Fsp3) is 0.136. The highest BCUT2D eigenvalue weighted by molar-refractivity contribution is 6.04. The first-order valence-corrected chi connectivity index (χ1v) is 8.92. The number of pyridine rings is 1. The minimum absolute atomic E-state index is 0.323. The highest BCUT2D eigenvalue weighted by Gasteiger charge is 2.10. The number of ether oxygens (including phenoxy) is 2. The maximum Gasteiger partial charge on any atom is 0.337 e. The number of para-hydroxylation sites is 1. The maximum absolute atomic E-state index is 12.4. The third-order valence-electron chi connectivity index (χ3n) is 4.22. The van der Waals surface area contributed by atoms with Crippen molar-refractivity contribution in [2.75, 3.05) is 24.9 Å². The monoisotopic (exact) mass is 391 g/mol. The molecule has 7 heteroatoms. The van der Waals surface area contributed by atoms with Crippen molar-refractivity contribution < 1.29 is 19.1 Å². The van der Waals surface area contributed by atoms with Gasteiger partial charge in [-0.05, 0) is 36.4 Å². The van der Waals surface area contributed by atoms with E-state index in [4.69, 9.17) is 4.74 Å². The van der Waals surface area contributed by atoms with E-state index in [9.17, 15) is 9.59 Å². The fourth-order valence-electron chi connectivity index (χ4n) is 2.71. The summed E-state index contributed by atoms with van der Waals surface area (Å²) in [6, 6.07) is 17.7. The van der Waals surface area contributed by atoms with Gasteiger partial charge in [-0.1, -0.05) is 24.3 Å². The van der Waals surface area contributed by atoms with Gasteiger partial charge in [-0.25, -0.2) is 9.78 Å². The molecule has 0 saturated heterocycles. The number of anilines is 2. The van der Waals surface area contributed by atoms with Crippen LogP contribution in [0.1, 0.15) is 26.3 Å². The molecular formula is C22H21N3O4. The first kappa shape index (κ1) is 19.9. The number of rotatable bonds is 7. The summed E-state index contributed by atoms with van der Waals surface area (Å²) in [4.78, 5) is 28.3. The van der Waals surface area contributed by atoms with Crippen LogP contribution in [0.15, 0.2) is 66.9 Å². The number of carbonyl (C=O) groups excluding carboxylic acids is 2. The summed E-state index contributed by atoms with van der Waals surface area (Å²) in [7, 11) is 2.94. The molecule has 148 valence electrons. The van der Waals surface area contributed by atoms with Crippen molar-refractivity contribution in [3.8, 4) is 5.75 Å². The number of benzene rings is 2. The van der Waals surface area contributed by atoms with Crippen molar-refractivity contribution in [1.29, 1.82) is 0 Å². The van der Waals surface area contributed by atoms with Crippen LogP contribution < -0.4 is 15.4 Å². The summed E-state index contributed by atoms with van der Waals surface area (Å²) < 4.78 is 10.0. The Morgan fingerprint density at radius 2 is 1.79 bits per heavy atom. The lowest BCUT2D eigenvalue weighted by atomic mass is 10.2. The lowest BCUT2D eigenvalue weighted by molar-refractivity contribution is 0.0600. The highest BCUT2D eigenvalue weighted by atomic mass is 16.5. The van der Waals surface area contributed by atoms with E-state index in [1.165, 1.54) is 13.3 Å². The van der Waals surface area contributed by atoms with Crippen LogP contribution in [-0.2, 0) is 11.3 Å². The molecule has 1 aromatic heterocycles. The zero-order chi connectivity index (χ0) is 20.6. The van der Waals surface area contributed by atoms with Gasteiger partial charge in [-0.3, -0.25) is 4.79 Å². The molecule has 2 aromatic carbocycles. The Hall–Kier alpha value is -3.87. The van der Waals surface area contributed by atoms with Crippen molar-refractivity contribution in [2.24, 2.45) is 0 Å². The average Bonchev–Trinajstić information content (AvgIpc) is 2.77. The second-order valence-electron chi connectivity index (χ2n) is 6.12. The van der Waals surface area contributed by atoms with E-state index in [0.717, 1.165) is 11.3 Å². The molecule has 3 aromatic rings. The van der Waals surface area contributed by atoms with E-state index >= 15 is 0 Å². The number of hydrogen-bond donors (Lipinski definition) is 2. The maximum atomic E-state index is 12.4. The largest absolute Gasteiger partial charge is 0.496 e. The van der Waals surface area contributed by atoms with Crippen LogP contribution in [0.2, 0.25) is 0 Å². The summed E-state index contributed by atoms with van der Waals surface area (Å²) in [6.45, 7) is 0.545. The van der Waals surface area contributed by atoms with Gasteiger partial charge in [0.2, 0.25) is 0 Å². The normalized spacial score (nSPS) is 10.1. The molecule has 0 saturated carbocycles. The average molecular weight is 391 g/mol. The van der Waals surface area contributed by atoms with Crippen molar-refractivity contribution in [3.05, 3.63) is 83.6 Å². The van der Waals surface area contributed by atoms with Gasteiger partial charge >= 0.3 is 5.97 Å². The Kier molecular flexibility index (Phi) is 6.42. The zero-order valence-corrected chi connectivity index (χ0v) is 16.1. The van der Waals surface area contributed by atoms with E-state index < -0.39 is 5.97 Å². The smallest absolute Gasteiger partial charge is 0.337 e. The quantitative estimate of drug-likeness (QED) is 0.597. The van der Waals surface area contributed by atoms with E-state index in [2.05, 4.69) is 20.4 Å². The first-order valence-electron chi connectivity index (χ1n) is 8.92. The van der Waals surface area contributed by atoms with Crippen molar-refractivity contribution in [3.63, 3.8) is 0 Å². The number of amides is 1. The van der Waals surface area contributed by atoms with E-state index in [-0.39, 0.29) is 5.91 Å². The summed E-state index contributed by atoms with van der Waals surface area (Å²) in [5.74, 6) is 0.648. The minimum atomic E-state index is -0.465. The minimum Gasteiger partial charge on any atom is -0.496 e. The summed E-state index contributed by atoms with van der Waals surface area (Å²) in [5, 5.41) is 5.95. The molecule has 0 atom stereocenters. The standard InChI is InChI=1S/C22H21N3O4/c1-28-19-9-4-3-6-16(19)13-23-20-11-10-17(14-24-20)21(26)25-18-8-5-7-15(12-18)22(27)29-2/h3-12,14H,13H2,1-2H3,(H,23,24)(H,25,26). The van der Waals surface area contributed by atoms with Crippen LogP contribution in [-0.4, -0.2) is 31.1 Å². The molecule has 0 aliphatic carbocycles. The van der Waals surface area contributed by atoms with Crippen molar-refractivity contribution >= 4 is 23.4 Å². The van der Waals surface area contributed by atoms with Gasteiger partial charge < -0.3 is 20.1 Å². The third kappa shape index (κ3) is 5.10. The van der Waals surface area contributed by atoms with Gasteiger partial charge in [0, 0.05) is 24.0 Å². The molecule has 1 amide bonds. The molecule has 0 radical (unpaired) electrons. The molecule has 2 N–H and O–H groups in total. The second-order valence-corrected chi connectivity index (χ2v) is 6.12. The Bertz CT molecular complexity index is 1000. The number of nitrogens with one attached hydrogen (secondary N) is 2. The lowest BCUT2D eigenvalue weighted by Crippen LogP contribution is -2.13. The number of nitrogens with zero attached hydrogens (tertiary/aromatic N) is 1. The molecule has 0 unspecified atom stereocenters. The predicted octanol–water partition coefficient (Wildman–Crippen LogP) is 3.74. The van der Waals surface area contributed by atoms with E-state index in [1.807, 2.05) is 24.3 Å². The fourth-order valence-corrected chi connectivity index (χ4v) is 2.71. The predicted molar refractivity (Wildman–Crippen MR) is 110 cm³/mol. The molecule has 3 rings (SSSR count). The number of carbonyl (C=O) groups is 2. The first-order chi connectivity index (χ1) is 14.1. The van der Waals surface area contributed by atoms with Crippen LogP contribution in [0.4, 0.5) is 11.5 Å². The number of esters is 1. The topological polar surface area (TPSA) is 89.5 Å². The Balaban J connectivity index is 1.62. The van der Waals surface area contributed by atoms with Crippen LogP contribution in [0.3, 0.4) is 0 Å².